The lowest BCUT2D eigenvalue weighted by Gasteiger charge is -2.14. The molecule has 0 bridgehead atoms. The SMILES string of the molecule is CCC(Sc1cccc(NC(=O)c2cccc(OC)c2)c1)C(=O)Nc1nnc(C)s1. The minimum Gasteiger partial charge on any atom is -0.497 e. The van der Waals surface area contributed by atoms with Gasteiger partial charge in [0, 0.05) is 16.1 Å². The normalized spacial score (nSPS) is 11.6. The van der Waals surface area contributed by atoms with Crippen LogP contribution in [-0.4, -0.2) is 34.4 Å². The van der Waals surface area contributed by atoms with Gasteiger partial charge < -0.3 is 10.1 Å². The van der Waals surface area contributed by atoms with E-state index in [0.29, 0.717) is 28.6 Å². The highest BCUT2D eigenvalue weighted by atomic mass is 32.2. The molecule has 2 N–H and O–H groups in total. The molecule has 1 heterocycles. The van der Waals surface area contributed by atoms with E-state index in [-0.39, 0.29) is 17.1 Å². The number of nitrogens with zero attached hydrogens (tertiary/aromatic N) is 2. The summed E-state index contributed by atoms with van der Waals surface area (Å²) < 4.78 is 5.17. The van der Waals surface area contributed by atoms with Crippen molar-refractivity contribution in [1.82, 2.24) is 10.2 Å². The van der Waals surface area contributed by atoms with Gasteiger partial charge in [-0.2, -0.15) is 0 Å². The molecule has 0 fully saturated rings. The van der Waals surface area contributed by atoms with Crippen LogP contribution in [0.5, 0.6) is 5.75 Å². The number of anilines is 2. The standard InChI is InChI=1S/C21H22N4O3S2/c1-4-18(20(27)23-21-25-24-13(2)29-21)30-17-10-6-8-15(12-17)22-19(26)14-7-5-9-16(11-14)28-3/h5-12,18H,4H2,1-3H3,(H,22,26)(H,23,25,27). The van der Waals surface area contributed by atoms with Crippen LogP contribution >= 0.6 is 23.1 Å². The third kappa shape index (κ3) is 5.80. The van der Waals surface area contributed by atoms with Gasteiger partial charge in [-0.05, 0) is 49.7 Å². The highest BCUT2D eigenvalue weighted by Gasteiger charge is 2.19. The number of carbonyl (C=O) groups excluding carboxylic acids is 2. The molecule has 1 unspecified atom stereocenters. The second-order valence-electron chi connectivity index (χ2n) is 6.34. The van der Waals surface area contributed by atoms with Crippen molar-refractivity contribution >= 4 is 45.7 Å². The highest BCUT2D eigenvalue weighted by Crippen LogP contribution is 2.29. The first-order valence-corrected chi connectivity index (χ1v) is 11.0. The number of nitrogens with one attached hydrogen (secondary N) is 2. The largest absolute Gasteiger partial charge is 0.497 e. The first-order chi connectivity index (χ1) is 14.5. The summed E-state index contributed by atoms with van der Waals surface area (Å²) in [6.07, 6.45) is 0.648. The smallest absolute Gasteiger partial charge is 0.255 e. The van der Waals surface area contributed by atoms with Crippen molar-refractivity contribution in [2.75, 3.05) is 17.7 Å². The van der Waals surface area contributed by atoms with Gasteiger partial charge in [0.25, 0.3) is 5.91 Å². The molecule has 2 aromatic carbocycles. The first kappa shape index (κ1) is 21.8. The average molecular weight is 443 g/mol. The van der Waals surface area contributed by atoms with Crippen molar-refractivity contribution in [1.29, 1.82) is 0 Å². The molecule has 3 aromatic rings. The van der Waals surface area contributed by atoms with Crippen LogP contribution in [0, 0.1) is 6.92 Å². The van der Waals surface area contributed by atoms with Crippen LogP contribution in [0.15, 0.2) is 53.4 Å². The van der Waals surface area contributed by atoms with E-state index in [1.165, 1.54) is 23.1 Å². The van der Waals surface area contributed by atoms with E-state index in [1.807, 2.05) is 38.1 Å². The number of carbonyl (C=O) groups is 2. The number of hydrogen-bond acceptors (Lipinski definition) is 7. The maximum atomic E-state index is 12.6. The third-order valence-corrected chi connectivity index (χ3v) is 6.23. The summed E-state index contributed by atoms with van der Waals surface area (Å²) in [4.78, 5) is 26.0. The Labute approximate surface area is 183 Å². The lowest BCUT2D eigenvalue weighted by molar-refractivity contribution is -0.115. The number of benzene rings is 2. The summed E-state index contributed by atoms with van der Waals surface area (Å²) in [5, 5.41) is 14.6. The molecule has 0 spiro atoms. The molecule has 0 aliphatic rings. The van der Waals surface area contributed by atoms with Crippen molar-refractivity contribution in [3.8, 4) is 5.75 Å². The molecular formula is C21H22N4O3S2. The Kier molecular flexibility index (Phi) is 7.42. The quantitative estimate of drug-likeness (QED) is 0.495. The molecule has 0 radical (unpaired) electrons. The van der Waals surface area contributed by atoms with Gasteiger partial charge in [0.2, 0.25) is 11.0 Å². The molecule has 156 valence electrons. The van der Waals surface area contributed by atoms with E-state index in [2.05, 4.69) is 20.8 Å². The molecule has 0 saturated carbocycles. The predicted octanol–water partition coefficient (Wildman–Crippen LogP) is 4.62. The van der Waals surface area contributed by atoms with Crippen molar-refractivity contribution < 1.29 is 14.3 Å². The van der Waals surface area contributed by atoms with Crippen molar-refractivity contribution in [3.63, 3.8) is 0 Å². The monoisotopic (exact) mass is 442 g/mol. The highest BCUT2D eigenvalue weighted by molar-refractivity contribution is 8.00. The molecular weight excluding hydrogens is 420 g/mol. The van der Waals surface area contributed by atoms with E-state index in [4.69, 9.17) is 4.74 Å². The van der Waals surface area contributed by atoms with Crippen LogP contribution < -0.4 is 15.4 Å². The minimum atomic E-state index is -0.293. The summed E-state index contributed by atoms with van der Waals surface area (Å²) in [7, 11) is 1.56. The first-order valence-electron chi connectivity index (χ1n) is 9.31. The Balaban J connectivity index is 1.66. The summed E-state index contributed by atoms with van der Waals surface area (Å²) in [6, 6.07) is 14.4. The molecule has 0 aliphatic heterocycles. The van der Waals surface area contributed by atoms with Gasteiger partial charge in [0.05, 0.1) is 12.4 Å². The van der Waals surface area contributed by atoms with Crippen LogP contribution in [0.4, 0.5) is 10.8 Å². The van der Waals surface area contributed by atoms with Gasteiger partial charge >= 0.3 is 0 Å². The number of hydrogen-bond donors (Lipinski definition) is 2. The van der Waals surface area contributed by atoms with Crippen molar-refractivity contribution in [2.24, 2.45) is 0 Å². The topological polar surface area (TPSA) is 93.2 Å². The molecule has 9 heteroatoms. The third-order valence-electron chi connectivity index (χ3n) is 4.12. The van der Waals surface area contributed by atoms with Gasteiger partial charge in [0.15, 0.2) is 0 Å². The second-order valence-corrected chi connectivity index (χ2v) is 8.80. The van der Waals surface area contributed by atoms with Crippen molar-refractivity contribution in [3.05, 3.63) is 59.1 Å². The van der Waals surface area contributed by atoms with Crippen LogP contribution in [0.25, 0.3) is 0 Å². The van der Waals surface area contributed by atoms with Crippen molar-refractivity contribution in [2.45, 2.75) is 30.4 Å². The number of aryl methyl sites for hydroxylation is 1. The summed E-state index contributed by atoms with van der Waals surface area (Å²) >= 11 is 2.78. The Bertz CT molecular complexity index is 1040. The molecule has 0 saturated heterocycles. The molecule has 0 aliphatic carbocycles. The molecule has 1 aromatic heterocycles. The number of rotatable bonds is 8. The Morgan fingerprint density at radius 2 is 1.93 bits per heavy atom. The Morgan fingerprint density at radius 3 is 2.63 bits per heavy atom. The fourth-order valence-corrected chi connectivity index (χ4v) is 4.24. The molecule has 7 nitrogen and oxygen atoms in total. The number of amides is 2. The second kappa shape index (κ2) is 10.2. The summed E-state index contributed by atoms with van der Waals surface area (Å²) in [5.41, 5.74) is 1.16. The van der Waals surface area contributed by atoms with E-state index in [1.54, 1.807) is 31.4 Å². The average Bonchev–Trinajstić information content (AvgIpc) is 3.16. The van der Waals surface area contributed by atoms with E-state index in [9.17, 15) is 9.59 Å². The van der Waals surface area contributed by atoms with Gasteiger partial charge in [-0.15, -0.1) is 22.0 Å². The zero-order valence-corrected chi connectivity index (χ0v) is 18.5. The van der Waals surface area contributed by atoms with E-state index >= 15 is 0 Å². The summed E-state index contributed by atoms with van der Waals surface area (Å²) in [6.45, 7) is 3.79. The molecule has 30 heavy (non-hydrogen) atoms. The van der Waals surface area contributed by atoms with Crippen LogP contribution in [-0.2, 0) is 4.79 Å². The van der Waals surface area contributed by atoms with Gasteiger partial charge in [0.1, 0.15) is 10.8 Å². The van der Waals surface area contributed by atoms with E-state index in [0.717, 1.165) is 9.90 Å². The zero-order chi connectivity index (χ0) is 21.5. The summed E-state index contributed by atoms with van der Waals surface area (Å²) in [5.74, 6) is 0.270. The van der Waals surface area contributed by atoms with Gasteiger partial charge in [-0.25, -0.2) is 0 Å². The van der Waals surface area contributed by atoms with Crippen LogP contribution in [0.3, 0.4) is 0 Å². The fourth-order valence-electron chi connectivity index (χ4n) is 2.63. The molecule has 3 rings (SSSR count). The predicted molar refractivity (Wildman–Crippen MR) is 121 cm³/mol. The number of aromatic nitrogens is 2. The van der Waals surface area contributed by atoms with E-state index < -0.39 is 0 Å². The fraction of sp³-hybridized carbons (Fsp3) is 0.238. The number of ether oxygens (including phenoxy) is 1. The molecule has 1 atom stereocenters. The number of thioether (sulfide) groups is 1. The lowest BCUT2D eigenvalue weighted by Crippen LogP contribution is -2.24. The van der Waals surface area contributed by atoms with Crippen LogP contribution in [0.2, 0.25) is 0 Å². The van der Waals surface area contributed by atoms with Gasteiger partial charge in [-0.3, -0.25) is 14.9 Å². The lowest BCUT2D eigenvalue weighted by atomic mass is 10.2. The maximum absolute atomic E-state index is 12.6. The maximum Gasteiger partial charge on any atom is 0.255 e. The Hall–Kier alpha value is -2.91. The van der Waals surface area contributed by atoms with Gasteiger partial charge in [-0.1, -0.05) is 30.4 Å². The minimum absolute atomic E-state index is 0.121. The zero-order valence-electron chi connectivity index (χ0n) is 16.8. The number of methoxy groups -OCH3 is 1. The van der Waals surface area contributed by atoms with Crippen LogP contribution in [0.1, 0.15) is 28.7 Å². The molecule has 2 amide bonds. The Morgan fingerprint density at radius 1 is 1.13 bits per heavy atom.